The van der Waals surface area contributed by atoms with Gasteiger partial charge in [-0.3, -0.25) is 4.79 Å². The minimum atomic E-state index is -0.220. The number of benzene rings is 2. The molecule has 1 N–H and O–H groups in total. The summed E-state index contributed by atoms with van der Waals surface area (Å²) < 4.78 is 2.16. The lowest BCUT2D eigenvalue weighted by Crippen LogP contribution is -2.17. The topological polar surface area (TPSA) is 41.5 Å². The maximum Gasteiger partial charge on any atom is 0.271 e. The minimum absolute atomic E-state index is 0.220. The number of nitrogens with zero attached hydrogens (tertiary/aromatic N) is 1. The Bertz CT molecular complexity index is 909. The van der Waals surface area contributed by atoms with Crippen molar-refractivity contribution in [2.45, 2.75) is 9.10 Å². The first kappa shape index (κ1) is 18.4. The summed E-state index contributed by atoms with van der Waals surface area (Å²) in [4.78, 5) is 14.1. The highest BCUT2D eigenvalue weighted by Crippen LogP contribution is 2.33. The number of hydrogen-bond donors (Lipinski definition) is 1. The van der Waals surface area contributed by atoms with Crippen molar-refractivity contribution in [1.82, 2.24) is 5.43 Å². The number of thiophene rings is 1. The van der Waals surface area contributed by atoms with Gasteiger partial charge in [-0.25, -0.2) is 5.43 Å². The number of hydrazone groups is 1. The highest BCUT2D eigenvalue weighted by molar-refractivity contribution is 14.1. The quantitative estimate of drug-likeness (QED) is 0.269. The SMILES string of the molecule is O=C(N/N=C\c1ccc(Sc2ccc(Cl)cc2)s1)c1cccc(I)c1. The predicted octanol–water partition coefficient (Wildman–Crippen LogP) is 5.92. The molecule has 0 fully saturated rings. The number of halogens is 2. The lowest BCUT2D eigenvalue weighted by molar-refractivity contribution is 0.0955. The summed E-state index contributed by atoms with van der Waals surface area (Å²) >= 11 is 11.3. The molecule has 0 aliphatic carbocycles. The van der Waals surface area contributed by atoms with Gasteiger partial charge in [0.1, 0.15) is 0 Å². The molecule has 0 radical (unpaired) electrons. The molecule has 0 aliphatic heterocycles. The molecule has 1 heterocycles. The normalized spacial score (nSPS) is 11.0. The zero-order chi connectivity index (χ0) is 17.6. The first-order chi connectivity index (χ1) is 12.1. The Hall–Kier alpha value is -1.35. The van der Waals surface area contributed by atoms with Gasteiger partial charge in [-0.05, 0) is 77.2 Å². The molecule has 0 atom stereocenters. The van der Waals surface area contributed by atoms with Crippen LogP contribution in [0, 0.1) is 3.57 Å². The molecule has 2 aromatic carbocycles. The average Bonchev–Trinajstić information content (AvgIpc) is 3.04. The average molecular weight is 499 g/mol. The molecule has 1 aromatic heterocycles. The van der Waals surface area contributed by atoms with Crippen LogP contribution in [0.2, 0.25) is 5.02 Å². The second kappa shape index (κ2) is 8.84. The van der Waals surface area contributed by atoms with E-state index < -0.39 is 0 Å². The molecule has 3 rings (SSSR count). The van der Waals surface area contributed by atoms with Gasteiger partial charge in [-0.15, -0.1) is 11.3 Å². The van der Waals surface area contributed by atoms with Gasteiger partial charge in [0.2, 0.25) is 0 Å². The summed E-state index contributed by atoms with van der Waals surface area (Å²) in [7, 11) is 0. The summed E-state index contributed by atoms with van der Waals surface area (Å²) in [6.45, 7) is 0. The maximum absolute atomic E-state index is 12.0. The largest absolute Gasteiger partial charge is 0.271 e. The highest BCUT2D eigenvalue weighted by atomic mass is 127. The summed E-state index contributed by atoms with van der Waals surface area (Å²) in [5, 5.41) is 4.77. The molecule has 25 heavy (non-hydrogen) atoms. The van der Waals surface area contributed by atoms with E-state index in [1.807, 2.05) is 54.6 Å². The van der Waals surface area contributed by atoms with Gasteiger partial charge in [0.15, 0.2) is 0 Å². The van der Waals surface area contributed by atoms with E-state index in [9.17, 15) is 4.79 Å². The van der Waals surface area contributed by atoms with Crippen LogP contribution in [0.25, 0.3) is 0 Å². The monoisotopic (exact) mass is 498 g/mol. The Morgan fingerprint density at radius 3 is 2.72 bits per heavy atom. The lowest BCUT2D eigenvalue weighted by atomic mass is 10.2. The summed E-state index contributed by atoms with van der Waals surface area (Å²) in [5.41, 5.74) is 3.14. The third-order valence-electron chi connectivity index (χ3n) is 3.08. The van der Waals surface area contributed by atoms with Crippen molar-refractivity contribution < 1.29 is 4.79 Å². The van der Waals surface area contributed by atoms with E-state index in [2.05, 4.69) is 33.1 Å². The molecular weight excluding hydrogens is 487 g/mol. The van der Waals surface area contributed by atoms with Crippen LogP contribution < -0.4 is 5.43 Å². The summed E-state index contributed by atoms with van der Waals surface area (Å²) in [6, 6.07) is 19.1. The fourth-order valence-electron chi connectivity index (χ4n) is 1.93. The van der Waals surface area contributed by atoms with Gasteiger partial charge in [0.25, 0.3) is 5.91 Å². The van der Waals surface area contributed by atoms with Crippen LogP contribution in [0.5, 0.6) is 0 Å². The Morgan fingerprint density at radius 1 is 1.16 bits per heavy atom. The summed E-state index contributed by atoms with van der Waals surface area (Å²) in [5.74, 6) is -0.220. The van der Waals surface area contributed by atoms with Crippen LogP contribution in [0.15, 0.2) is 74.9 Å². The molecule has 0 saturated carbocycles. The van der Waals surface area contributed by atoms with Crippen LogP contribution in [0.1, 0.15) is 15.2 Å². The fraction of sp³-hybridized carbons (Fsp3) is 0. The lowest BCUT2D eigenvalue weighted by Gasteiger charge is -1.99. The molecule has 0 spiro atoms. The Balaban J connectivity index is 1.58. The molecule has 0 unspecified atom stereocenters. The van der Waals surface area contributed by atoms with Crippen molar-refractivity contribution in [2.24, 2.45) is 5.10 Å². The van der Waals surface area contributed by atoms with E-state index in [-0.39, 0.29) is 5.91 Å². The van der Waals surface area contributed by atoms with Crippen molar-refractivity contribution >= 4 is 69.4 Å². The van der Waals surface area contributed by atoms with Crippen LogP contribution in [-0.4, -0.2) is 12.1 Å². The van der Waals surface area contributed by atoms with Gasteiger partial charge < -0.3 is 0 Å². The molecule has 7 heteroatoms. The predicted molar refractivity (Wildman–Crippen MR) is 114 cm³/mol. The Labute approximate surface area is 172 Å². The number of hydrogen-bond acceptors (Lipinski definition) is 4. The molecule has 0 aliphatic rings. The maximum atomic E-state index is 12.0. The van der Waals surface area contributed by atoms with E-state index in [1.165, 1.54) is 0 Å². The fourth-order valence-corrected chi connectivity index (χ4v) is 4.59. The van der Waals surface area contributed by atoms with E-state index in [4.69, 9.17) is 11.6 Å². The minimum Gasteiger partial charge on any atom is -0.267 e. The van der Waals surface area contributed by atoms with Crippen molar-refractivity contribution in [3.63, 3.8) is 0 Å². The Kier molecular flexibility index (Phi) is 6.52. The van der Waals surface area contributed by atoms with Crippen LogP contribution in [-0.2, 0) is 0 Å². The standard InChI is InChI=1S/C18H12ClIN2OS2/c19-13-4-6-15(7-5-13)24-17-9-8-16(25-17)11-21-22-18(23)12-2-1-3-14(20)10-12/h1-11H,(H,22,23)/b21-11-. The van der Waals surface area contributed by atoms with E-state index in [0.717, 1.165) is 22.6 Å². The molecule has 0 saturated heterocycles. The number of carbonyl (C=O) groups excluding carboxylic acids is 1. The molecule has 3 nitrogen and oxygen atoms in total. The van der Waals surface area contributed by atoms with E-state index in [1.54, 1.807) is 35.4 Å². The van der Waals surface area contributed by atoms with Crippen molar-refractivity contribution in [2.75, 3.05) is 0 Å². The molecule has 1 amide bonds. The third-order valence-corrected chi connectivity index (χ3v) is 6.16. The summed E-state index contributed by atoms with van der Waals surface area (Å²) in [6.07, 6.45) is 1.66. The molecular formula is C18H12ClIN2OS2. The van der Waals surface area contributed by atoms with Crippen LogP contribution in [0.4, 0.5) is 0 Å². The van der Waals surface area contributed by atoms with Crippen molar-refractivity contribution in [3.05, 3.63) is 79.7 Å². The van der Waals surface area contributed by atoms with Gasteiger partial charge in [0, 0.05) is 23.9 Å². The van der Waals surface area contributed by atoms with Gasteiger partial charge in [-0.1, -0.05) is 29.4 Å². The number of rotatable bonds is 5. The smallest absolute Gasteiger partial charge is 0.267 e. The number of amides is 1. The third kappa shape index (κ3) is 5.57. The second-order valence-electron chi connectivity index (χ2n) is 4.92. The Morgan fingerprint density at radius 2 is 1.96 bits per heavy atom. The van der Waals surface area contributed by atoms with E-state index in [0.29, 0.717) is 5.56 Å². The van der Waals surface area contributed by atoms with Crippen molar-refractivity contribution in [3.8, 4) is 0 Å². The van der Waals surface area contributed by atoms with E-state index >= 15 is 0 Å². The first-order valence-electron chi connectivity index (χ1n) is 7.22. The zero-order valence-corrected chi connectivity index (χ0v) is 17.3. The van der Waals surface area contributed by atoms with Crippen molar-refractivity contribution in [1.29, 1.82) is 0 Å². The molecule has 0 bridgehead atoms. The number of carbonyl (C=O) groups is 1. The zero-order valence-electron chi connectivity index (χ0n) is 12.8. The number of nitrogens with one attached hydrogen (secondary N) is 1. The molecule has 3 aromatic rings. The second-order valence-corrected chi connectivity index (χ2v) is 9.09. The molecule has 126 valence electrons. The van der Waals surface area contributed by atoms with Gasteiger partial charge in [-0.2, -0.15) is 5.10 Å². The first-order valence-corrected chi connectivity index (χ1v) is 10.3. The highest BCUT2D eigenvalue weighted by Gasteiger charge is 2.04. The van der Waals surface area contributed by atoms with Crippen LogP contribution in [0.3, 0.4) is 0 Å². The van der Waals surface area contributed by atoms with Gasteiger partial charge in [0.05, 0.1) is 10.4 Å². The van der Waals surface area contributed by atoms with Crippen LogP contribution >= 0.6 is 57.3 Å². The van der Waals surface area contributed by atoms with Gasteiger partial charge >= 0.3 is 0 Å².